The Morgan fingerprint density at radius 3 is 2.47 bits per heavy atom. The van der Waals surface area contributed by atoms with Crippen molar-refractivity contribution in [2.45, 2.75) is 19.6 Å². The van der Waals surface area contributed by atoms with Gasteiger partial charge in [0.2, 0.25) is 0 Å². The van der Waals surface area contributed by atoms with Gasteiger partial charge in [-0.05, 0) is 94.2 Å². The van der Waals surface area contributed by atoms with E-state index in [4.69, 9.17) is 14.5 Å². The van der Waals surface area contributed by atoms with Crippen LogP contribution < -0.4 is 29.7 Å². The van der Waals surface area contributed by atoms with Gasteiger partial charge in [-0.2, -0.15) is 0 Å². The number of hydrogen-bond donors (Lipinski definition) is 1. The largest absolute Gasteiger partial charge is 0.497 e. The Bertz CT molecular complexity index is 2090. The summed E-state index contributed by atoms with van der Waals surface area (Å²) < 4.78 is 27.2. The summed E-state index contributed by atoms with van der Waals surface area (Å²) in [6, 6.07) is 27.5. The zero-order chi connectivity index (χ0) is 31.5. The van der Waals surface area contributed by atoms with Crippen molar-refractivity contribution in [1.82, 2.24) is 4.57 Å². The molecule has 0 radical (unpaired) electrons. The summed E-state index contributed by atoms with van der Waals surface area (Å²) in [5.41, 5.74) is 3.67. The van der Waals surface area contributed by atoms with Crippen LogP contribution in [0.1, 0.15) is 29.7 Å². The number of rotatable bonds is 8. The van der Waals surface area contributed by atoms with Gasteiger partial charge in [-0.25, -0.2) is 9.38 Å². The number of carbonyl (C=O) groups is 1. The summed E-state index contributed by atoms with van der Waals surface area (Å²) in [5, 5.41) is 2.96. The zero-order valence-corrected chi connectivity index (χ0v) is 26.7. The average Bonchev–Trinajstić information content (AvgIpc) is 3.34. The molecular formula is C35H27BrFN3O4S. The highest BCUT2D eigenvalue weighted by molar-refractivity contribution is 9.10. The highest BCUT2D eigenvalue weighted by Gasteiger charge is 2.32. The molecule has 1 aliphatic heterocycles. The molecule has 0 saturated carbocycles. The fourth-order valence-electron chi connectivity index (χ4n) is 5.05. The Labute approximate surface area is 270 Å². The molecule has 0 fully saturated rings. The van der Waals surface area contributed by atoms with Crippen LogP contribution in [0.4, 0.5) is 10.1 Å². The van der Waals surface area contributed by atoms with Crippen LogP contribution >= 0.6 is 27.3 Å². The Morgan fingerprint density at radius 2 is 1.78 bits per heavy atom. The second-order valence-corrected chi connectivity index (χ2v) is 12.1. The van der Waals surface area contributed by atoms with Gasteiger partial charge in [-0.1, -0.05) is 59.9 Å². The lowest BCUT2D eigenvalue weighted by Gasteiger charge is -2.25. The summed E-state index contributed by atoms with van der Waals surface area (Å²) >= 11 is 4.83. The van der Waals surface area contributed by atoms with Crippen LogP contribution in [-0.2, 0) is 11.4 Å². The normalized spacial score (nSPS) is 14.5. The van der Waals surface area contributed by atoms with Gasteiger partial charge >= 0.3 is 0 Å². The van der Waals surface area contributed by atoms with Gasteiger partial charge in [-0.3, -0.25) is 14.2 Å². The van der Waals surface area contributed by atoms with Gasteiger partial charge in [0.1, 0.15) is 23.9 Å². The van der Waals surface area contributed by atoms with Crippen molar-refractivity contribution in [2.75, 3.05) is 12.4 Å². The van der Waals surface area contributed by atoms with E-state index in [-0.39, 0.29) is 23.9 Å². The first-order chi connectivity index (χ1) is 21.8. The molecular weight excluding hydrogens is 657 g/mol. The van der Waals surface area contributed by atoms with Crippen LogP contribution in [0.2, 0.25) is 0 Å². The van der Waals surface area contributed by atoms with Crippen LogP contribution in [0, 0.1) is 5.82 Å². The van der Waals surface area contributed by atoms with Gasteiger partial charge in [-0.15, -0.1) is 0 Å². The first-order valence-electron chi connectivity index (χ1n) is 14.0. The predicted octanol–water partition coefficient (Wildman–Crippen LogP) is 6.36. The van der Waals surface area contributed by atoms with Crippen LogP contribution in [-0.4, -0.2) is 17.6 Å². The second-order valence-electron chi connectivity index (χ2n) is 10.3. The SMILES string of the molecule is COc1ccc([C@@H]2C(C(=O)Nc3ccccc3)=C(C)N=c3s/c(=C/c4ccc(OCc5ccc(F)cc5)c(Br)c4)c(=O)n32)cc1. The Hall–Kier alpha value is -4.80. The van der Waals surface area contributed by atoms with E-state index in [9.17, 15) is 14.0 Å². The predicted molar refractivity (Wildman–Crippen MR) is 177 cm³/mol. The van der Waals surface area contributed by atoms with Crippen LogP contribution in [0.5, 0.6) is 11.5 Å². The maximum absolute atomic E-state index is 14.0. The highest BCUT2D eigenvalue weighted by atomic mass is 79.9. The van der Waals surface area contributed by atoms with Gasteiger partial charge in [0.25, 0.3) is 11.5 Å². The number of aromatic nitrogens is 1. The number of amides is 1. The highest BCUT2D eigenvalue weighted by Crippen LogP contribution is 2.32. The van der Waals surface area contributed by atoms with Crippen molar-refractivity contribution >= 4 is 44.9 Å². The molecule has 1 atom stereocenters. The third-order valence-corrected chi connectivity index (χ3v) is 8.89. The molecule has 0 bridgehead atoms. The Balaban J connectivity index is 1.36. The molecule has 2 heterocycles. The van der Waals surface area contributed by atoms with Gasteiger partial charge in [0.15, 0.2) is 4.80 Å². The zero-order valence-electron chi connectivity index (χ0n) is 24.3. The molecule has 0 unspecified atom stereocenters. The van der Waals surface area contributed by atoms with E-state index in [1.807, 2.05) is 72.8 Å². The summed E-state index contributed by atoms with van der Waals surface area (Å²) in [7, 11) is 1.59. The number of nitrogens with one attached hydrogen (secondary N) is 1. The minimum absolute atomic E-state index is 0.259. The number of halogens is 2. The smallest absolute Gasteiger partial charge is 0.271 e. The van der Waals surface area contributed by atoms with Crippen molar-refractivity contribution in [3.63, 3.8) is 0 Å². The fourth-order valence-corrected chi connectivity index (χ4v) is 6.61. The van der Waals surface area contributed by atoms with Crippen LogP contribution in [0.15, 0.2) is 123 Å². The number of ether oxygens (including phenoxy) is 2. The fraction of sp³-hybridized carbons (Fsp3) is 0.114. The minimum atomic E-state index is -0.702. The summed E-state index contributed by atoms with van der Waals surface area (Å²) in [5.74, 6) is 0.643. The lowest BCUT2D eigenvalue weighted by molar-refractivity contribution is -0.113. The van der Waals surface area contributed by atoms with E-state index in [1.54, 1.807) is 36.8 Å². The second kappa shape index (κ2) is 13.1. The van der Waals surface area contributed by atoms with Crippen molar-refractivity contribution < 1.29 is 18.7 Å². The molecule has 0 saturated heterocycles. The molecule has 5 aromatic rings. The summed E-state index contributed by atoms with van der Waals surface area (Å²) in [4.78, 5) is 33.0. The lowest BCUT2D eigenvalue weighted by Crippen LogP contribution is -2.40. The molecule has 4 aromatic carbocycles. The quantitative estimate of drug-likeness (QED) is 0.206. The van der Waals surface area contributed by atoms with E-state index in [0.717, 1.165) is 16.7 Å². The number of anilines is 1. The minimum Gasteiger partial charge on any atom is -0.497 e. The number of nitrogens with zero attached hydrogens (tertiary/aromatic N) is 2. The standard InChI is InChI=1S/C35H27BrFN3O4S/c1-21-31(33(41)39-26-6-4-3-5-7-26)32(24-11-15-27(43-2)16-12-24)40-34(42)30(45-35(40)38-21)19-23-10-17-29(28(36)18-23)44-20-22-8-13-25(37)14-9-22/h3-19,32H,20H2,1-2H3,(H,39,41)/b30-19+/t32-/m1/s1. The molecule has 1 N–H and O–H groups in total. The number of methoxy groups -OCH3 is 1. The van der Waals surface area contributed by atoms with E-state index in [2.05, 4.69) is 21.2 Å². The van der Waals surface area contributed by atoms with Crippen molar-refractivity contribution in [3.8, 4) is 11.5 Å². The van der Waals surface area contributed by atoms with E-state index < -0.39 is 6.04 Å². The van der Waals surface area contributed by atoms with Crippen molar-refractivity contribution in [2.24, 2.45) is 4.99 Å². The number of allylic oxidation sites excluding steroid dienone is 1. The first kappa shape index (κ1) is 30.2. The van der Waals surface area contributed by atoms with Crippen molar-refractivity contribution in [1.29, 1.82) is 0 Å². The van der Waals surface area contributed by atoms with E-state index >= 15 is 0 Å². The number of thiazole rings is 1. The molecule has 1 amide bonds. The molecule has 0 spiro atoms. The molecule has 10 heteroatoms. The monoisotopic (exact) mass is 683 g/mol. The number of hydrogen-bond acceptors (Lipinski definition) is 6. The van der Waals surface area contributed by atoms with Gasteiger partial charge < -0.3 is 14.8 Å². The number of para-hydroxylation sites is 1. The topological polar surface area (TPSA) is 81.9 Å². The Kier molecular flexibility index (Phi) is 8.77. The van der Waals surface area contributed by atoms with Crippen LogP contribution in [0.25, 0.3) is 6.08 Å². The number of fused-ring (bicyclic) bond motifs is 1. The first-order valence-corrected chi connectivity index (χ1v) is 15.6. The molecule has 45 heavy (non-hydrogen) atoms. The number of carbonyl (C=O) groups excluding carboxylic acids is 1. The summed E-state index contributed by atoms with van der Waals surface area (Å²) in [6.45, 7) is 2.07. The maximum Gasteiger partial charge on any atom is 0.271 e. The third-order valence-electron chi connectivity index (χ3n) is 7.29. The molecule has 7 nitrogen and oxygen atoms in total. The molecule has 226 valence electrons. The molecule has 6 rings (SSSR count). The maximum atomic E-state index is 14.0. The van der Waals surface area contributed by atoms with Crippen LogP contribution in [0.3, 0.4) is 0 Å². The van der Waals surface area contributed by atoms with Gasteiger partial charge in [0, 0.05) is 5.69 Å². The van der Waals surface area contributed by atoms with E-state index in [0.29, 0.717) is 42.3 Å². The third kappa shape index (κ3) is 6.52. The van der Waals surface area contributed by atoms with Crippen molar-refractivity contribution in [3.05, 3.63) is 155 Å². The van der Waals surface area contributed by atoms with E-state index in [1.165, 1.54) is 23.5 Å². The number of benzene rings is 4. The lowest BCUT2D eigenvalue weighted by atomic mass is 9.95. The average molecular weight is 685 g/mol. The summed E-state index contributed by atoms with van der Waals surface area (Å²) in [6.07, 6.45) is 1.80. The molecule has 1 aliphatic rings. The molecule has 0 aliphatic carbocycles. The van der Waals surface area contributed by atoms with Gasteiger partial charge in [0.05, 0.1) is 33.4 Å². The molecule has 1 aromatic heterocycles. The Morgan fingerprint density at radius 1 is 1.04 bits per heavy atom.